The van der Waals surface area contributed by atoms with Gasteiger partial charge in [0.1, 0.15) is 0 Å². The minimum Gasteiger partial charge on any atom is -0.428 e. The largest absolute Gasteiger partial charge is 0.428 e. The average molecular weight is 132 g/mol. The van der Waals surface area contributed by atoms with Crippen LogP contribution in [0.25, 0.3) is 0 Å². The Bertz CT molecular complexity index is 110. The number of hydrogen-bond donors (Lipinski definition) is 0. The Hall–Kier alpha value is -0.900. The zero-order chi connectivity index (χ0) is 7.28. The first kappa shape index (κ1) is 8.10. The molecule has 0 aromatic carbocycles. The highest BCUT2D eigenvalue weighted by Gasteiger charge is 2.06. The normalized spacial score (nSPS) is 12.2. The van der Waals surface area contributed by atoms with Gasteiger partial charge in [0.2, 0.25) is 0 Å². The van der Waals surface area contributed by atoms with Gasteiger partial charge in [0, 0.05) is 14.0 Å². The van der Waals surface area contributed by atoms with Gasteiger partial charge in [0.25, 0.3) is 6.29 Å². The molecule has 4 heteroatoms. The van der Waals surface area contributed by atoms with Gasteiger partial charge in [-0.3, -0.25) is 9.59 Å². The number of rotatable bonds is 3. The van der Waals surface area contributed by atoms with E-state index in [2.05, 4.69) is 9.47 Å². The van der Waals surface area contributed by atoms with E-state index in [-0.39, 0.29) is 0 Å². The molecule has 0 aliphatic carbocycles. The summed E-state index contributed by atoms with van der Waals surface area (Å²) in [7, 11) is 1.28. The first-order valence-corrected chi connectivity index (χ1v) is 2.36. The lowest BCUT2D eigenvalue weighted by molar-refractivity contribution is -0.172. The summed E-state index contributed by atoms with van der Waals surface area (Å²) in [5, 5.41) is 0. The second-order valence-electron chi connectivity index (χ2n) is 1.35. The van der Waals surface area contributed by atoms with Crippen LogP contribution < -0.4 is 0 Å². The minimum atomic E-state index is -1.05. The molecule has 4 nitrogen and oxygen atoms in total. The van der Waals surface area contributed by atoms with Gasteiger partial charge in [-0.1, -0.05) is 0 Å². The third-order valence-corrected chi connectivity index (χ3v) is 0.626. The lowest BCUT2D eigenvalue weighted by atomic mass is 10.7. The topological polar surface area (TPSA) is 52.6 Å². The summed E-state index contributed by atoms with van der Waals surface area (Å²) in [6.07, 6.45) is -0.649. The molecule has 0 bridgehead atoms. The van der Waals surface area contributed by atoms with E-state index in [1.807, 2.05) is 0 Å². The molecule has 0 radical (unpaired) electrons. The van der Waals surface area contributed by atoms with E-state index < -0.39 is 12.3 Å². The van der Waals surface area contributed by atoms with E-state index in [0.717, 1.165) is 0 Å². The first-order valence-electron chi connectivity index (χ1n) is 2.36. The highest BCUT2D eigenvalue weighted by Crippen LogP contribution is 1.87. The number of carbonyl (C=O) groups is 2. The number of hydrogen-bond acceptors (Lipinski definition) is 4. The molecule has 1 atom stereocenters. The summed E-state index contributed by atoms with van der Waals surface area (Å²) >= 11 is 0. The molecule has 1 unspecified atom stereocenters. The van der Waals surface area contributed by atoms with Gasteiger partial charge < -0.3 is 9.47 Å². The van der Waals surface area contributed by atoms with Crippen molar-refractivity contribution in [3.8, 4) is 0 Å². The average Bonchev–Trinajstić information content (AvgIpc) is 1.82. The maximum Gasteiger partial charge on any atom is 0.305 e. The standard InChI is InChI=1S/C5H8O4/c1-4(7)9-5(3-6)8-2/h3,5H,1-2H3. The van der Waals surface area contributed by atoms with Crippen molar-refractivity contribution in [2.24, 2.45) is 0 Å². The van der Waals surface area contributed by atoms with Gasteiger partial charge in [-0.05, 0) is 0 Å². The summed E-state index contributed by atoms with van der Waals surface area (Å²) in [6.45, 7) is 1.20. The van der Waals surface area contributed by atoms with Crippen molar-refractivity contribution in [1.29, 1.82) is 0 Å². The molecule has 0 spiro atoms. The Morgan fingerprint density at radius 3 is 2.33 bits per heavy atom. The van der Waals surface area contributed by atoms with Gasteiger partial charge in [0.15, 0.2) is 6.29 Å². The van der Waals surface area contributed by atoms with Gasteiger partial charge in [-0.15, -0.1) is 0 Å². The molecular formula is C5H8O4. The molecule has 0 saturated carbocycles. The molecule has 0 aliphatic rings. The van der Waals surface area contributed by atoms with Crippen molar-refractivity contribution in [3.63, 3.8) is 0 Å². The Morgan fingerprint density at radius 1 is 1.67 bits per heavy atom. The van der Waals surface area contributed by atoms with Crippen LogP contribution in [0.2, 0.25) is 0 Å². The highest BCUT2D eigenvalue weighted by molar-refractivity contribution is 5.69. The Balaban J connectivity index is 3.55. The van der Waals surface area contributed by atoms with Crippen molar-refractivity contribution >= 4 is 12.3 Å². The maximum atomic E-state index is 10.1. The fourth-order valence-corrected chi connectivity index (χ4v) is 0.295. The molecule has 0 amide bonds. The second-order valence-corrected chi connectivity index (χ2v) is 1.35. The molecule has 0 fully saturated rings. The molecule has 0 heterocycles. The smallest absolute Gasteiger partial charge is 0.305 e. The summed E-state index contributed by atoms with van der Waals surface area (Å²) < 4.78 is 8.72. The van der Waals surface area contributed by atoms with Crippen molar-refractivity contribution < 1.29 is 19.1 Å². The molecule has 9 heavy (non-hydrogen) atoms. The molecule has 0 saturated heterocycles. The minimum absolute atomic E-state index is 0.404. The zero-order valence-corrected chi connectivity index (χ0v) is 5.29. The molecule has 52 valence electrons. The number of carbonyl (C=O) groups excluding carboxylic acids is 2. The Morgan fingerprint density at radius 2 is 2.22 bits per heavy atom. The Kier molecular flexibility index (Phi) is 3.62. The molecule has 0 aromatic heterocycles. The monoisotopic (exact) mass is 132 g/mol. The number of esters is 1. The van der Waals surface area contributed by atoms with Gasteiger partial charge >= 0.3 is 5.97 Å². The molecule has 0 rings (SSSR count). The summed E-state index contributed by atoms with van der Waals surface area (Å²) in [4.78, 5) is 20.0. The zero-order valence-electron chi connectivity index (χ0n) is 5.29. The van der Waals surface area contributed by atoms with Crippen molar-refractivity contribution in [3.05, 3.63) is 0 Å². The quantitative estimate of drug-likeness (QED) is 0.301. The third-order valence-electron chi connectivity index (χ3n) is 0.626. The first-order chi connectivity index (χ1) is 4.20. The lowest BCUT2D eigenvalue weighted by Crippen LogP contribution is -2.19. The summed E-state index contributed by atoms with van der Waals surface area (Å²) in [5.74, 6) is -0.533. The highest BCUT2D eigenvalue weighted by atomic mass is 16.7. The lowest BCUT2D eigenvalue weighted by Gasteiger charge is -2.05. The number of aldehydes is 1. The van der Waals surface area contributed by atoms with Crippen LogP contribution in [-0.4, -0.2) is 25.7 Å². The summed E-state index contributed by atoms with van der Waals surface area (Å²) in [5.41, 5.74) is 0. The predicted molar refractivity (Wildman–Crippen MR) is 28.6 cm³/mol. The van der Waals surface area contributed by atoms with Crippen LogP contribution in [0.4, 0.5) is 0 Å². The fourth-order valence-electron chi connectivity index (χ4n) is 0.295. The van der Waals surface area contributed by atoms with E-state index >= 15 is 0 Å². The van der Waals surface area contributed by atoms with Crippen molar-refractivity contribution in [2.45, 2.75) is 13.2 Å². The van der Waals surface area contributed by atoms with Gasteiger partial charge in [-0.25, -0.2) is 0 Å². The summed E-state index contributed by atoms with van der Waals surface area (Å²) in [6, 6.07) is 0. The molecule has 0 aliphatic heterocycles. The van der Waals surface area contributed by atoms with Gasteiger partial charge in [0.05, 0.1) is 0 Å². The van der Waals surface area contributed by atoms with E-state index in [4.69, 9.17) is 0 Å². The van der Waals surface area contributed by atoms with Crippen LogP contribution in [0.5, 0.6) is 0 Å². The van der Waals surface area contributed by atoms with E-state index in [1.165, 1.54) is 14.0 Å². The van der Waals surface area contributed by atoms with Crippen LogP contribution in [0.3, 0.4) is 0 Å². The fraction of sp³-hybridized carbons (Fsp3) is 0.600. The van der Waals surface area contributed by atoms with Crippen LogP contribution in [0.15, 0.2) is 0 Å². The van der Waals surface area contributed by atoms with Crippen LogP contribution >= 0.6 is 0 Å². The third kappa shape index (κ3) is 3.66. The second kappa shape index (κ2) is 4.03. The van der Waals surface area contributed by atoms with E-state index in [9.17, 15) is 9.59 Å². The molecule has 0 aromatic rings. The van der Waals surface area contributed by atoms with Crippen LogP contribution in [-0.2, 0) is 19.1 Å². The van der Waals surface area contributed by atoms with Crippen LogP contribution in [0.1, 0.15) is 6.92 Å². The SMILES string of the molecule is COC(C=O)OC(C)=O. The maximum absolute atomic E-state index is 10.1. The predicted octanol–water partition coefficient (Wildman–Crippen LogP) is -0.279. The van der Waals surface area contributed by atoms with Gasteiger partial charge in [-0.2, -0.15) is 0 Å². The Labute approximate surface area is 52.7 Å². The van der Waals surface area contributed by atoms with Crippen molar-refractivity contribution in [1.82, 2.24) is 0 Å². The number of ether oxygens (including phenoxy) is 2. The van der Waals surface area contributed by atoms with E-state index in [1.54, 1.807) is 0 Å². The molecule has 0 N–H and O–H groups in total. The molecular weight excluding hydrogens is 124 g/mol. The van der Waals surface area contributed by atoms with Crippen LogP contribution in [0, 0.1) is 0 Å². The number of methoxy groups -OCH3 is 1. The van der Waals surface area contributed by atoms with E-state index in [0.29, 0.717) is 6.29 Å². The van der Waals surface area contributed by atoms with Crippen molar-refractivity contribution in [2.75, 3.05) is 7.11 Å².